The minimum absolute atomic E-state index is 0.00987. The quantitative estimate of drug-likeness (QED) is 0.647. The fourth-order valence-corrected chi connectivity index (χ4v) is 3.22. The molecule has 0 aliphatic carbocycles. The van der Waals surface area contributed by atoms with Crippen LogP contribution in [0.3, 0.4) is 0 Å². The lowest BCUT2D eigenvalue weighted by atomic mass is 10.2. The Morgan fingerprint density at radius 3 is 2.34 bits per heavy atom. The number of carbonyl (C=O) groups excluding carboxylic acids is 1. The van der Waals surface area contributed by atoms with Crippen LogP contribution in [0.5, 0.6) is 11.6 Å². The number of nitrogens with zero attached hydrogens (tertiary/aromatic N) is 4. The van der Waals surface area contributed by atoms with Gasteiger partial charge in [-0.25, -0.2) is 14.4 Å². The molecule has 2 heterocycles. The van der Waals surface area contributed by atoms with Crippen LogP contribution >= 0.6 is 11.6 Å². The van der Waals surface area contributed by atoms with Crippen LogP contribution in [0.25, 0.3) is 0 Å². The summed E-state index contributed by atoms with van der Waals surface area (Å²) in [7, 11) is 0. The summed E-state index contributed by atoms with van der Waals surface area (Å²) >= 11 is 5.89. The van der Waals surface area contributed by atoms with E-state index in [9.17, 15) is 9.18 Å². The summed E-state index contributed by atoms with van der Waals surface area (Å²) in [6.45, 7) is 2.46. The monoisotopic (exact) mass is 412 g/mol. The molecular formula is C21H18ClFN4O2. The van der Waals surface area contributed by atoms with Crippen molar-refractivity contribution < 1.29 is 13.9 Å². The number of amides is 1. The summed E-state index contributed by atoms with van der Waals surface area (Å²) < 4.78 is 18.7. The molecule has 0 unspecified atom stereocenters. The second-order valence-corrected chi connectivity index (χ2v) is 6.99. The first-order chi connectivity index (χ1) is 14.1. The van der Waals surface area contributed by atoms with Gasteiger partial charge in [-0.1, -0.05) is 11.6 Å². The zero-order chi connectivity index (χ0) is 20.2. The van der Waals surface area contributed by atoms with Gasteiger partial charge in [0.2, 0.25) is 5.88 Å². The molecule has 148 valence electrons. The summed E-state index contributed by atoms with van der Waals surface area (Å²) in [6, 6.07) is 14.4. The average molecular weight is 413 g/mol. The van der Waals surface area contributed by atoms with Crippen molar-refractivity contribution in [2.24, 2.45) is 0 Å². The lowest BCUT2D eigenvalue weighted by molar-refractivity contribution is 0.0746. The fourth-order valence-electron chi connectivity index (χ4n) is 3.10. The van der Waals surface area contributed by atoms with Crippen LogP contribution in [0.2, 0.25) is 5.02 Å². The van der Waals surface area contributed by atoms with Gasteiger partial charge in [0, 0.05) is 42.8 Å². The Kier molecular flexibility index (Phi) is 5.57. The highest BCUT2D eigenvalue weighted by Crippen LogP contribution is 2.23. The predicted octanol–water partition coefficient (Wildman–Crippen LogP) is 4.02. The van der Waals surface area contributed by atoms with E-state index in [2.05, 4.69) is 14.9 Å². The molecule has 1 aliphatic rings. The second kappa shape index (κ2) is 8.45. The molecule has 0 atom stereocenters. The second-order valence-electron chi connectivity index (χ2n) is 6.56. The molecule has 29 heavy (non-hydrogen) atoms. The van der Waals surface area contributed by atoms with Gasteiger partial charge in [-0.05, 0) is 48.5 Å². The van der Waals surface area contributed by atoms with Crippen molar-refractivity contribution in [2.45, 2.75) is 0 Å². The molecule has 0 radical (unpaired) electrons. The number of halogens is 2. The maximum absolute atomic E-state index is 13.0. The molecule has 1 amide bonds. The zero-order valence-electron chi connectivity index (χ0n) is 15.5. The normalized spacial score (nSPS) is 14.0. The summed E-state index contributed by atoms with van der Waals surface area (Å²) in [4.78, 5) is 24.9. The van der Waals surface area contributed by atoms with E-state index in [0.717, 1.165) is 5.82 Å². The van der Waals surface area contributed by atoms with Gasteiger partial charge in [0.25, 0.3) is 5.91 Å². The Morgan fingerprint density at radius 1 is 0.966 bits per heavy atom. The number of piperazine rings is 1. The van der Waals surface area contributed by atoms with E-state index >= 15 is 0 Å². The first-order valence-electron chi connectivity index (χ1n) is 9.14. The molecule has 3 aromatic rings. The molecule has 0 N–H and O–H groups in total. The molecule has 0 saturated carbocycles. The van der Waals surface area contributed by atoms with Gasteiger partial charge < -0.3 is 14.5 Å². The van der Waals surface area contributed by atoms with Gasteiger partial charge in [-0.2, -0.15) is 0 Å². The van der Waals surface area contributed by atoms with E-state index < -0.39 is 0 Å². The maximum atomic E-state index is 13.0. The fraction of sp³-hybridized carbons (Fsp3) is 0.190. The van der Waals surface area contributed by atoms with E-state index in [1.54, 1.807) is 30.3 Å². The molecule has 4 rings (SSSR count). The van der Waals surface area contributed by atoms with Gasteiger partial charge in [0.05, 0.1) is 0 Å². The Hall–Kier alpha value is -3.19. The summed E-state index contributed by atoms with van der Waals surface area (Å²) in [5.74, 6) is 1.25. The SMILES string of the molecule is O=C(c1ccc(Cl)cc1)N1CCN(c2cc(Oc3ccc(F)cc3)ncn2)CC1. The third-order valence-corrected chi connectivity index (χ3v) is 4.90. The Morgan fingerprint density at radius 2 is 1.66 bits per heavy atom. The minimum Gasteiger partial charge on any atom is -0.439 e. The lowest BCUT2D eigenvalue weighted by Gasteiger charge is -2.35. The zero-order valence-corrected chi connectivity index (χ0v) is 16.2. The molecular weight excluding hydrogens is 395 g/mol. The van der Waals surface area contributed by atoms with E-state index in [1.807, 2.05) is 4.90 Å². The highest BCUT2D eigenvalue weighted by Gasteiger charge is 2.23. The largest absolute Gasteiger partial charge is 0.439 e. The van der Waals surface area contributed by atoms with Crippen LogP contribution in [0, 0.1) is 5.82 Å². The Labute approximate surface area is 172 Å². The predicted molar refractivity (Wildman–Crippen MR) is 108 cm³/mol. The minimum atomic E-state index is -0.327. The van der Waals surface area contributed by atoms with Crippen LogP contribution in [-0.2, 0) is 0 Å². The molecule has 2 aromatic carbocycles. The third kappa shape index (κ3) is 4.63. The van der Waals surface area contributed by atoms with Gasteiger partial charge in [-0.3, -0.25) is 4.79 Å². The Bertz CT molecular complexity index is 990. The molecule has 1 aliphatic heterocycles. The molecule has 0 bridgehead atoms. The number of benzene rings is 2. The topological polar surface area (TPSA) is 58.6 Å². The first-order valence-corrected chi connectivity index (χ1v) is 9.51. The van der Waals surface area contributed by atoms with Crippen molar-refractivity contribution in [3.8, 4) is 11.6 Å². The third-order valence-electron chi connectivity index (χ3n) is 4.65. The van der Waals surface area contributed by atoms with E-state index in [1.165, 1.54) is 30.6 Å². The van der Waals surface area contributed by atoms with E-state index in [-0.39, 0.29) is 11.7 Å². The number of rotatable bonds is 4. The van der Waals surface area contributed by atoms with Crippen LogP contribution < -0.4 is 9.64 Å². The van der Waals surface area contributed by atoms with Crippen molar-refractivity contribution in [1.29, 1.82) is 0 Å². The highest BCUT2D eigenvalue weighted by atomic mass is 35.5. The van der Waals surface area contributed by atoms with Gasteiger partial charge >= 0.3 is 0 Å². The van der Waals surface area contributed by atoms with Crippen molar-refractivity contribution in [1.82, 2.24) is 14.9 Å². The molecule has 1 fully saturated rings. The van der Waals surface area contributed by atoms with Gasteiger partial charge in [0.15, 0.2) is 0 Å². The summed E-state index contributed by atoms with van der Waals surface area (Å²) in [5, 5.41) is 0.605. The summed E-state index contributed by atoms with van der Waals surface area (Å²) in [5.41, 5.74) is 0.625. The first kappa shape index (κ1) is 19.1. The molecule has 6 nitrogen and oxygen atoms in total. The molecule has 8 heteroatoms. The molecule has 1 saturated heterocycles. The van der Waals surface area contributed by atoms with Gasteiger partial charge in [0.1, 0.15) is 23.7 Å². The van der Waals surface area contributed by atoms with Crippen molar-refractivity contribution >= 4 is 23.3 Å². The number of ether oxygens (including phenoxy) is 1. The molecule has 1 aromatic heterocycles. The smallest absolute Gasteiger partial charge is 0.253 e. The standard InChI is InChI=1S/C21H18ClFN4O2/c22-16-3-1-15(2-4-16)21(28)27-11-9-26(10-12-27)19-13-20(25-14-24-19)29-18-7-5-17(23)6-8-18/h1-8,13-14H,9-12H2. The lowest BCUT2D eigenvalue weighted by Crippen LogP contribution is -2.49. The van der Waals surface area contributed by atoms with Crippen LogP contribution in [0.1, 0.15) is 10.4 Å². The van der Waals surface area contributed by atoms with Crippen LogP contribution in [0.15, 0.2) is 60.9 Å². The van der Waals surface area contributed by atoms with Crippen molar-refractivity contribution in [3.63, 3.8) is 0 Å². The number of carbonyl (C=O) groups is 1. The van der Waals surface area contributed by atoms with Crippen LogP contribution in [-0.4, -0.2) is 47.0 Å². The average Bonchev–Trinajstić information content (AvgIpc) is 2.76. The molecule has 0 spiro atoms. The van der Waals surface area contributed by atoms with E-state index in [4.69, 9.17) is 16.3 Å². The number of aromatic nitrogens is 2. The van der Waals surface area contributed by atoms with Gasteiger partial charge in [-0.15, -0.1) is 0 Å². The highest BCUT2D eigenvalue weighted by molar-refractivity contribution is 6.30. The van der Waals surface area contributed by atoms with Crippen molar-refractivity contribution in [3.05, 3.63) is 77.3 Å². The van der Waals surface area contributed by atoms with Crippen LogP contribution in [0.4, 0.5) is 10.2 Å². The number of anilines is 1. The Balaban J connectivity index is 1.39. The summed E-state index contributed by atoms with van der Waals surface area (Å²) in [6.07, 6.45) is 1.43. The van der Waals surface area contributed by atoms with Crippen molar-refractivity contribution in [2.75, 3.05) is 31.1 Å². The maximum Gasteiger partial charge on any atom is 0.253 e. The number of hydrogen-bond acceptors (Lipinski definition) is 5. The van der Waals surface area contributed by atoms with E-state index in [0.29, 0.717) is 48.4 Å². The number of hydrogen-bond donors (Lipinski definition) is 0.